The number of esters is 1. The van der Waals surface area contributed by atoms with Crippen LogP contribution in [-0.2, 0) is 19.1 Å². The third kappa shape index (κ3) is 3.73. The summed E-state index contributed by atoms with van der Waals surface area (Å²) in [6.07, 6.45) is 6.57. The number of rotatable bonds is 4. The molecule has 1 aromatic heterocycles. The Morgan fingerprint density at radius 1 is 1.19 bits per heavy atom. The molecule has 5 aliphatic carbocycles. The average Bonchev–Trinajstić information content (AvgIpc) is 3.70. The highest BCUT2D eigenvalue weighted by Gasteiger charge is 2.78. The Morgan fingerprint density at radius 2 is 1.95 bits per heavy atom. The van der Waals surface area contributed by atoms with Gasteiger partial charge in [-0.2, -0.15) is 0 Å². The van der Waals surface area contributed by atoms with Gasteiger partial charge in [-0.1, -0.05) is 38.2 Å². The van der Waals surface area contributed by atoms with Gasteiger partial charge in [0.25, 0.3) is 5.12 Å². The van der Waals surface area contributed by atoms with Gasteiger partial charge in [0.1, 0.15) is 6.17 Å². The van der Waals surface area contributed by atoms with E-state index in [0.717, 1.165) is 6.08 Å². The quantitative estimate of drug-likeness (QED) is 0.458. The van der Waals surface area contributed by atoms with Crippen LogP contribution < -0.4 is 0 Å². The third-order valence-electron chi connectivity index (χ3n) is 10.7. The molecule has 0 amide bonds. The largest absolute Gasteiger partial charge is 0.460 e. The van der Waals surface area contributed by atoms with Crippen LogP contribution in [-0.4, -0.2) is 50.6 Å². The molecule has 0 spiro atoms. The molecule has 0 bridgehead atoms. The van der Waals surface area contributed by atoms with Crippen LogP contribution >= 0.6 is 11.8 Å². The Kier molecular flexibility index (Phi) is 6.70. The van der Waals surface area contributed by atoms with Crippen molar-refractivity contribution in [2.45, 2.75) is 70.0 Å². The first kappa shape index (κ1) is 29.0. The number of ketones is 1. The summed E-state index contributed by atoms with van der Waals surface area (Å²) in [4.78, 5) is 53.0. The summed E-state index contributed by atoms with van der Waals surface area (Å²) in [5.74, 6) is -3.71. The lowest BCUT2D eigenvalue weighted by molar-refractivity contribution is -0.227. The summed E-state index contributed by atoms with van der Waals surface area (Å²) < 4.78 is 44.8. The van der Waals surface area contributed by atoms with Crippen molar-refractivity contribution in [3.63, 3.8) is 0 Å². The number of alkyl halides is 2. The van der Waals surface area contributed by atoms with E-state index in [4.69, 9.17) is 9.15 Å². The molecule has 7 nitrogen and oxygen atoms in total. The predicted molar refractivity (Wildman–Crippen MR) is 149 cm³/mol. The van der Waals surface area contributed by atoms with Crippen LogP contribution in [0.1, 0.15) is 57.0 Å². The number of halogens is 2. The minimum absolute atomic E-state index is 0.00325. The zero-order valence-corrected chi connectivity index (χ0v) is 24.3. The van der Waals surface area contributed by atoms with Crippen molar-refractivity contribution in [2.75, 3.05) is 0 Å². The Bertz CT molecular complexity index is 1490. The van der Waals surface area contributed by atoms with Gasteiger partial charge >= 0.3 is 5.97 Å². The molecule has 9 atom stereocenters. The molecule has 10 heteroatoms. The normalized spacial score (nSPS) is 41.9. The van der Waals surface area contributed by atoms with E-state index in [0.29, 0.717) is 23.8 Å². The standard InChI is InChI=1S/C32H32F2O7S/c1-17-13-20-21-15-23(33)22-14-19(35)10-11-29(22,2)31(21,34)25(36)16-30(20,3)32(17,41-26(37)18-7-4-5-8-18)28(39)42-27(38)24-9-6-12-40-24/h4-7,9-12,14,17,20-21,23,25,36H,8,13,15-16H2,1-3H3/t17-,20?,21?,23+,25+,29+,30+,31+,32+/m1/s1. The van der Waals surface area contributed by atoms with Crippen LogP contribution in [0.4, 0.5) is 8.78 Å². The van der Waals surface area contributed by atoms with E-state index in [1.807, 2.05) is 0 Å². The second kappa shape index (κ2) is 9.71. The van der Waals surface area contributed by atoms with E-state index in [-0.39, 0.29) is 30.6 Å². The Balaban J connectivity index is 1.45. The topological polar surface area (TPSA) is 111 Å². The molecule has 222 valence electrons. The number of hydrogen-bond acceptors (Lipinski definition) is 8. The molecule has 0 aliphatic heterocycles. The van der Waals surface area contributed by atoms with Crippen molar-refractivity contribution in [3.8, 4) is 0 Å². The minimum atomic E-state index is -2.36. The number of aliphatic hydroxyl groups excluding tert-OH is 1. The minimum Gasteiger partial charge on any atom is -0.460 e. The van der Waals surface area contributed by atoms with E-state index >= 15 is 8.78 Å². The Labute approximate surface area is 246 Å². The van der Waals surface area contributed by atoms with Gasteiger partial charge < -0.3 is 14.3 Å². The summed E-state index contributed by atoms with van der Waals surface area (Å²) in [6.45, 7) is 4.89. The molecule has 1 N–H and O–H groups in total. The van der Waals surface area contributed by atoms with E-state index in [1.54, 1.807) is 32.1 Å². The summed E-state index contributed by atoms with van der Waals surface area (Å²) in [6, 6.07) is 2.92. The highest BCUT2D eigenvalue weighted by atomic mass is 32.2. The third-order valence-corrected chi connectivity index (χ3v) is 11.5. The Hall–Kier alpha value is -3.11. The molecule has 3 saturated carbocycles. The van der Waals surface area contributed by atoms with Gasteiger partial charge in [-0.15, -0.1) is 0 Å². The second-order valence-corrected chi connectivity index (χ2v) is 13.5. The number of fused-ring (bicyclic) bond motifs is 5. The number of hydrogen-bond donors (Lipinski definition) is 1. The number of carbonyl (C=O) groups is 4. The molecular weight excluding hydrogens is 566 g/mol. The second-order valence-electron chi connectivity index (χ2n) is 12.6. The van der Waals surface area contributed by atoms with Crippen molar-refractivity contribution in [3.05, 3.63) is 71.8 Å². The molecule has 0 radical (unpaired) electrons. The van der Waals surface area contributed by atoms with Crippen LogP contribution in [0.2, 0.25) is 0 Å². The van der Waals surface area contributed by atoms with Crippen LogP contribution in [0.25, 0.3) is 0 Å². The molecule has 3 fully saturated rings. The number of ether oxygens (including phenoxy) is 1. The average molecular weight is 599 g/mol. The van der Waals surface area contributed by atoms with Gasteiger partial charge in [-0.3, -0.25) is 14.4 Å². The van der Waals surface area contributed by atoms with Gasteiger partial charge in [-0.05, 0) is 80.1 Å². The fraction of sp³-hybridized carbons (Fsp3) is 0.500. The van der Waals surface area contributed by atoms with E-state index in [2.05, 4.69) is 0 Å². The van der Waals surface area contributed by atoms with E-state index in [1.165, 1.54) is 37.5 Å². The van der Waals surface area contributed by atoms with Gasteiger partial charge in [0.15, 0.2) is 22.8 Å². The SMILES string of the molecule is C[C@@H]1CC2C3C[C@H](F)C4=CC(=O)C=C[C@]4(C)[C@@]3(F)[C@@H](O)C[C@]2(C)[C@@]1(OC(=O)C1=CC=CC1)C(=O)SC(=O)c1ccco1. The van der Waals surface area contributed by atoms with Crippen molar-refractivity contribution in [2.24, 2.45) is 28.6 Å². The van der Waals surface area contributed by atoms with Gasteiger partial charge in [0, 0.05) is 28.2 Å². The maximum atomic E-state index is 17.6. The number of allylic oxidation sites excluding steroid dienone is 7. The molecule has 5 aliphatic rings. The van der Waals surface area contributed by atoms with Gasteiger partial charge in [0.2, 0.25) is 5.12 Å². The Morgan fingerprint density at radius 3 is 2.62 bits per heavy atom. The molecular formula is C32H32F2O7S. The van der Waals surface area contributed by atoms with Crippen LogP contribution in [0, 0.1) is 28.6 Å². The van der Waals surface area contributed by atoms with Gasteiger partial charge in [-0.25, -0.2) is 13.6 Å². The van der Waals surface area contributed by atoms with Crippen molar-refractivity contribution < 1.29 is 42.2 Å². The molecule has 1 aromatic rings. The molecule has 0 aromatic carbocycles. The molecule has 6 rings (SSSR count). The smallest absolute Gasteiger partial charge is 0.335 e. The lowest BCUT2D eigenvalue weighted by atomic mass is 9.44. The fourth-order valence-electron chi connectivity index (χ4n) is 8.63. The lowest BCUT2D eigenvalue weighted by Crippen LogP contribution is -2.70. The zero-order valence-electron chi connectivity index (χ0n) is 23.5. The molecule has 42 heavy (non-hydrogen) atoms. The maximum absolute atomic E-state index is 17.6. The number of thioether (sulfide) groups is 1. The summed E-state index contributed by atoms with van der Waals surface area (Å²) in [7, 11) is 0. The van der Waals surface area contributed by atoms with Crippen LogP contribution in [0.3, 0.4) is 0 Å². The highest BCUT2D eigenvalue weighted by molar-refractivity contribution is 8.26. The van der Waals surface area contributed by atoms with E-state index in [9.17, 15) is 24.3 Å². The fourth-order valence-corrected chi connectivity index (χ4v) is 9.65. The first-order valence-corrected chi connectivity index (χ1v) is 15.0. The van der Waals surface area contributed by atoms with Crippen LogP contribution in [0.5, 0.6) is 0 Å². The van der Waals surface area contributed by atoms with Gasteiger partial charge in [0.05, 0.1) is 12.4 Å². The monoisotopic (exact) mass is 598 g/mol. The lowest BCUT2D eigenvalue weighted by Gasteiger charge is -2.63. The highest BCUT2D eigenvalue weighted by Crippen LogP contribution is 2.72. The molecule has 1 heterocycles. The number of furan rings is 1. The number of aliphatic hydroxyl groups is 1. The van der Waals surface area contributed by atoms with Crippen molar-refractivity contribution in [1.29, 1.82) is 0 Å². The summed E-state index contributed by atoms with van der Waals surface area (Å²) in [5.41, 5.74) is -6.93. The zero-order chi connectivity index (χ0) is 30.2. The van der Waals surface area contributed by atoms with Crippen molar-refractivity contribution >= 4 is 33.7 Å². The van der Waals surface area contributed by atoms with Crippen LogP contribution in [0.15, 0.2) is 70.4 Å². The summed E-state index contributed by atoms with van der Waals surface area (Å²) >= 11 is 0.353. The first-order chi connectivity index (χ1) is 19.8. The summed E-state index contributed by atoms with van der Waals surface area (Å²) in [5, 5.41) is 10.3. The van der Waals surface area contributed by atoms with Crippen molar-refractivity contribution in [1.82, 2.24) is 0 Å². The number of carbonyl (C=O) groups excluding carboxylic acids is 4. The maximum Gasteiger partial charge on any atom is 0.335 e. The molecule has 0 saturated heterocycles. The predicted octanol–water partition coefficient (Wildman–Crippen LogP) is 5.41. The first-order valence-electron chi connectivity index (χ1n) is 14.1. The molecule has 2 unspecified atom stereocenters. The van der Waals surface area contributed by atoms with E-state index < -0.39 is 74.1 Å².